The van der Waals surface area contributed by atoms with E-state index in [9.17, 15) is 8.78 Å². The van der Waals surface area contributed by atoms with Crippen molar-refractivity contribution in [3.8, 4) is 17.9 Å². The van der Waals surface area contributed by atoms with Gasteiger partial charge in [-0.15, -0.1) is 0 Å². The van der Waals surface area contributed by atoms with Crippen LogP contribution in [-0.4, -0.2) is 6.61 Å². The molecule has 0 aliphatic rings. The van der Waals surface area contributed by atoms with Gasteiger partial charge < -0.3 is 4.74 Å². The van der Waals surface area contributed by atoms with Crippen molar-refractivity contribution in [2.24, 2.45) is 0 Å². The normalized spacial score (nSPS) is 9.17. The molecule has 0 aliphatic heterocycles. The molecule has 92 valence electrons. The Morgan fingerprint density at radius 1 is 1.33 bits per heavy atom. The molecule has 0 aliphatic carbocycles. The molecule has 0 heterocycles. The van der Waals surface area contributed by atoms with Gasteiger partial charge in [0, 0.05) is 11.6 Å². The second-order valence-electron chi connectivity index (χ2n) is 3.44. The summed E-state index contributed by atoms with van der Waals surface area (Å²) in [5, 5.41) is 17.2. The lowest BCUT2D eigenvalue weighted by atomic mass is 10.1. The third-order valence-electron chi connectivity index (χ3n) is 2.03. The van der Waals surface area contributed by atoms with Crippen molar-refractivity contribution in [1.82, 2.24) is 0 Å². The van der Waals surface area contributed by atoms with E-state index in [-0.39, 0.29) is 23.5 Å². The number of ether oxygens (including phenoxy) is 1. The fraction of sp³-hybridized carbons (Fsp3) is 0.231. The largest absolute Gasteiger partial charge is 0.490 e. The quantitative estimate of drug-likeness (QED) is 0.769. The van der Waals surface area contributed by atoms with Gasteiger partial charge in [-0.1, -0.05) is 6.92 Å². The smallest absolute Gasteiger partial charge is 0.168 e. The summed E-state index contributed by atoms with van der Waals surface area (Å²) >= 11 is 0. The van der Waals surface area contributed by atoms with Crippen molar-refractivity contribution in [1.29, 1.82) is 10.5 Å². The Bertz CT molecular complexity index is 537. The minimum absolute atomic E-state index is 0.0408. The van der Waals surface area contributed by atoms with Crippen molar-refractivity contribution in [2.75, 3.05) is 6.61 Å². The molecule has 0 bridgehead atoms. The van der Waals surface area contributed by atoms with E-state index < -0.39 is 11.6 Å². The van der Waals surface area contributed by atoms with Crippen molar-refractivity contribution in [3.63, 3.8) is 0 Å². The predicted octanol–water partition coefficient (Wildman–Crippen LogP) is 3.18. The second kappa shape index (κ2) is 6.36. The first-order valence-corrected chi connectivity index (χ1v) is 5.26. The van der Waals surface area contributed by atoms with Gasteiger partial charge in [-0.05, 0) is 18.6 Å². The topological polar surface area (TPSA) is 56.8 Å². The SMILES string of the molecule is CCCOc1c(F)cc(F)cc1C=C(C#N)C#N. The number of benzene rings is 1. The maximum atomic E-state index is 13.5. The molecule has 0 radical (unpaired) electrons. The molecule has 1 aromatic carbocycles. The average Bonchev–Trinajstić information content (AvgIpc) is 2.34. The maximum Gasteiger partial charge on any atom is 0.168 e. The first-order chi connectivity index (χ1) is 8.62. The number of nitriles is 2. The van der Waals surface area contributed by atoms with Crippen LogP contribution in [-0.2, 0) is 0 Å². The molecule has 0 saturated heterocycles. The van der Waals surface area contributed by atoms with E-state index in [1.54, 1.807) is 12.1 Å². The molecule has 1 aromatic rings. The molecule has 0 atom stereocenters. The van der Waals surface area contributed by atoms with E-state index >= 15 is 0 Å². The first kappa shape index (κ1) is 13.7. The van der Waals surface area contributed by atoms with Gasteiger partial charge in [-0.3, -0.25) is 0 Å². The lowest BCUT2D eigenvalue weighted by Gasteiger charge is -2.09. The molecule has 18 heavy (non-hydrogen) atoms. The summed E-state index contributed by atoms with van der Waals surface area (Å²) in [5.41, 5.74) is -0.208. The summed E-state index contributed by atoms with van der Waals surface area (Å²) < 4.78 is 31.8. The van der Waals surface area contributed by atoms with E-state index in [1.807, 2.05) is 6.92 Å². The van der Waals surface area contributed by atoms with E-state index in [1.165, 1.54) is 0 Å². The van der Waals surface area contributed by atoms with Crippen LogP contribution in [0.3, 0.4) is 0 Å². The number of allylic oxidation sites excluding steroid dienone is 1. The van der Waals surface area contributed by atoms with Crippen LogP contribution in [0.15, 0.2) is 17.7 Å². The first-order valence-electron chi connectivity index (χ1n) is 5.26. The highest BCUT2D eigenvalue weighted by atomic mass is 19.1. The Morgan fingerprint density at radius 2 is 2.00 bits per heavy atom. The molecule has 0 saturated carbocycles. The zero-order chi connectivity index (χ0) is 13.5. The third-order valence-corrected chi connectivity index (χ3v) is 2.03. The molecule has 0 spiro atoms. The molecular formula is C13H10F2N2O. The Morgan fingerprint density at radius 3 is 2.56 bits per heavy atom. The second-order valence-corrected chi connectivity index (χ2v) is 3.44. The lowest BCUT2D eigenvalue weighted by Crippen LogP contribution is -2.00. The summed E-state index contributed by atoms with van der Waals surface area (Å²) in [4.78, 5) is 0. The third kappa shape index (κ3) is 3.29. The molecule has 0 unspecified atom stereocenters. The summed E-state index contributed by atoms with van der Waals surface area (Å²) in [6.45, 7) is 2.10. The predicted molar refractivity (Wildman–Crippen MR) is 61.3 cm³/mol. The minimum atomic E-state index is -0.857. The molecule has 0 fully saturated rings. The van der Waals surface area contributed by atoms with Crippen LogP contribution in [0.2, 0.25) is 0 Å². The van der Waals surface area contributed by atoms with Gasteiger partial charge in [0.15, 0.2) is 11.6 Å². The summed E-state index contributed by atoms with van der Waals surface area (Å²) in [5.74, 6) is -1.80. The molecule has 3 nitrogen and oxygen atoms in total. The lowest BCUT2D eigenvalue weighted by molar-refractivity contribution is 0.299. The molecule has 0 N–H and O–H groups in total. The van der Waals surface area contributed by atoms with Crippen LogP contribution in [0.25, 0.3) is 6.08 Å². The van der Waals surface area contributed by atoms with E-state index in [4.69, 9.17) is 15.3 Å². The number of rotatable bonds is 4. The maximum absolute atomic E-state index is 13.5. The van der Waals surface area contributed by atoms with Crippen molar-refractivity contribution < 1.29 is 13.5 Å². The minimum Gasteiger partial charge on any atom is -0.490 e. The van der Waals surface area contributed by atoms with E-state index in [0.717, 1.165) is 12.1 Å². The Balaban J connectivity index is 3.29. The van der Waals surface area contributed by atoms with Crippen LogP contribution in [0, 0.1) is 34.3 Å². The number of hydrogen-bond donors (Lipinski definition) is 0. The Kier molecular flexibility index (Phi) is 4.83. The zero-order valence-corrected chi connectivity index (χ0v) is 9.70. The summed E-state index contributed by atoms with van der Waals surface area (Å²) in [7, 11) is 0. The highest BCUT2D eigenvalue weighted by molar-refractivity contribution is 5.66. The van der Waals surface area contributed by atoms with E-state index in [2.05, 4.69) is 0 Å². The Labute approximate surface area is 104 Å². The van der Waals surface area contributed by atoms with Gasteiger partial charge in [0.1, 0.15) is 23.5 Å². The van der Waals surface area contributed by atoms with Crippen LogP contribution >= 0.6 is 0 Å². The van der Waals surface area contributed by atoms with Crippen LogP contribution in [0.1, 0.15) is 18.9 Å². The fourth-order valence-electron chi connectivity index (χ4n) is 1.29. The van der Waals surface area contributed by atoms with Gasteiger partial charge in [0.05, 0.1) is 6.61 Å². The summed E-state index contributed by atoms with van der Waals surface area (Å²) in [6, 6.07) is 4.96. The summed E-state index contributed by atoms with van der Waals surface area (Å²) in [6.07, 6.45) is 1.75. The number of halogens is 2. The van der Waals surface area contributed by atoms with Gasteiger partial charge >= 0.3 is 0 Å². The molecular weight excluding hydrogens is 238 g/mol. The number of nitrogens with zero attached hydrogens (tertiary/aromatic N) is 2. The van der Waals surface area contributed by atoms with Crippen LogP contribution in [0.4, 0.5) is 8.78 Å². The molecule has 1 rings (SSSR count). The zero-order valence-electron chi connectivity index (χ0n) is 9.70. The van der Waals surface area contributed by atoms with Gasteiger partial charge in [-0.2, -0.15) is 10.5 Å². The van der Waals surface area contributed by atoms with Crippen LogP contribution in [0.5, 0.6) is 5.75 Å². The van der Waals surface area contributed by atoms with Crippen molar-refractivity contribution in [2.45, 2.75) is 13.3 Å². The van der Waals surface area contributed by atoms with Gasteiger partial charge in [0.25, 0.3) is 0 Å². The van der Waals surface area contributed by atoms with Crippen LogP contribution < -0.4 is 4.74 Å². The standard InChI is InChI=1S/C13H10F2N2O/c1-2-3-18-13-10(4-9(7-16)8-17)5-11(14)6-12(13)15/h4-6H,2-3H2,1H3. The van der Waals surface area contributed by atoms with Gasteiger partial charge in [0.2, 0.25) is 0 Å². The number of hydrogen-bond acceptors (Lipinski definition) is 3. The molecule has 0 aromatic heterocycles. The monoisotopic (exact) mass is 248 g/mol. The highest BCUT2D eigenvalue weighted by Crippen LogP contribution is 2.26. The van der Waals surface area contributed by atoms with Crippen molar-refractivity contribution >= 4 is 6.08 Å². The Hall–Kier alpha value is -2.40. The fourth-order valence-corrected chi connectivity index (χ4v) is 1.29. The highest BCUT2D eigenvalue weighted by Gasteiger charge is 2.12. The van der Waals surface area contributed by atoms with Gasteiger partial charge in [-0.25, -0.2) is 8.78 Å². The van der Waals surface area contributed by atoms with E-state index in [0.29, 0.717) is 12.5 Å². The molecule has 5 heteroatoms. The average molecular weight is 248 g/mol. The molecule has 0 amide bonds. The van der Waals surface area contributed by atoms with Crippen molar-refractivity contribution in [3.05, 3.63) is 34.9 Å².